The molecule has 5 heteroatoms. The standard InChI is InChI=1S/C19H21NO4/c1-13-4-5-15(10-17(13)24-3)11-18(21)20(2)12-14-6-8-16(9-7-14)19(22)23/h4-10H,11-12H2,1-3H3,(H,22,23). The normalized spacial score (nSPS) is 10.3. The number of carbonyl (C=O) groups excluding carboxylic acids is 1. The molecule has 0 aromatic heterocycles. The van der Waals surface area contributed by atoms with Crippen LogP contribution in [0, 0.1) is 6.92 Å². The number of methoxy groups -OCH3 is 1. The summed E-state index contributed by atoms with van der Waals surface area (Å²) in [5, 5.41) is 8.90. The molecule has 126 valence electrons. The van der Waals surface area contributed by atoms with Gasteiger partial charge in [0.05, 0.1) is 19.1 Å². The third-order valence-corrected chi connectivity index (χ3v) is 3.87. The topological polar surface area (TPSA) is 66.8 Å². The summed E-state index contributed by atoms with van der Waals surface area (Å²) in [6.45, 7) is 2.39. The average molecular weight is 327 g/mol. The Kier molecular flexibility index (Phi) is 5.58. The maximum atomic E-state index is 12.4. The zero-order valence-electron chi connectivity index (χ0n) is 14.1. The molecule has 0 bridgehead atoms. The van der Waals surface area contributed by atoms with E-state index in [4.69, 9.17) is 9.84 Å². The maximum absolute atomic E-state index is 12.4. The highest BCUT2D eigenvalue weighted by Gasteiger charge is 2.12. The van der Waals surface area contributed by atoms with Crippen LogP contribution in [0.15, 0.2) is 42.5 Å². The van der Waals surface area contributed by atoms with Crippen molar-refractivity contribution in [3.05, 3.63) is 64.7 Å². The Morgan fingerprint density at radius 1 is 1.08 bits per heavy atom. The molecule has 0 spiro atoms. The largest absolute Gasteiger partial charge is 0.496 e. The smallest absolute Gasteiger partial charge is 0.335 e. The minimum absolute atomic E-state index is 0.0109. The van der Waals surface area contributed by atoms with Crippen LogP contribution in [0.2, 0.25) is 0 Å². The first-order valence-corrected chi connectivity index (χ1v) is 7.60. The van der Waals surface area contributed by atoms with Gasteiger partial charge in [-0.1, -0.05) is 24.3 Å². The van der Waals surface area contributed by atoms with Crippen molar-refractivity contribution in [2.24, 2.45) is 0 Å². The van der Waals surface area contributed by atoms with E-state index in [2.05, 4.69) is 0 Å². The molecule has 0 fully saturated rings. The molecule has 0 heterocycles. The molecule has 1 N–H and O–H groups in total. The highest BCUT2D eigenvalue weighted by Crippen LogP contribution is 2.19. The summed E-state index contributed by atoms with van der Waals surface area (Å²) in [5.41, 5.74) is 3.05. The van der Waals surface area contributed by atoms with Crippen molar-refractivity contribution in [3.8, 4) is 5.75 Å². The number of hydrogen-bond donors (Lipinski definition) is 1. The number of aryl methyl sites for hydroxylation is 1. The number of likely N-dealkylation sites (N-methyl/N-ethyl adjacent to an activating group) is 1. The van der Waals surface area contributed by atoms with Crippen LogP contribution in [-0.4, -0.2) is 36.0 Å². The third-order valence-electron chi connectivity index (χ3n) is 3.87. The lowest BCUT2D eigenvalue weighted by molar-refractivity contribution is -0.129. The number of nitrogens with zero attached hydrogens (tertiary/aromatic N) is 1. The lowest BCUT2D eigenvalue weighted by Gasteiger charge is -2.18. The predicted molar refractivity (Wildman–Crippen MR) is 91.3 cm³/mol. The van der Waals surface area contributed by atoms with E-state index in [0.717, 1.165) is 22.4 Å². The van der Waals surface area contributed by atoms with Crippen LogP contribution < -0.4 is 4.74 Å². The van der Waals surface area contributed by atoms with Gasteiger partial charge in [-0.25, -0.2) is 4.79 Å². The van der Waals surface area contributed by atoms with Gasteiger partial charge in [-0.15, -0.1) is 0 Å². The highest BCUT2D eigenvalue weighted by molar-refractivity contribution is 5.87. The van der Waals surface area contributed by atoms with Crippen LogP contribution in [0.4, 0.5) is 0 Å². The first-order chi connectivity index (χ1) is 11.4. The Hall–Kier alpha value is -2.82. The summed E-state index contributed by atoms with van der Waals surface area (Å²) >= 11 is 0. The Morgan fingerprint density at radius 2 is 1.71 bits per heavy atom. The van der Waals surface area contributed by atoms with E-state index in [0.29, 0.717) is 13.0 Å². The highest BCUT2D eigenvalue weighted by atomic mass is 16.5. The number of carboxylic acids is 1. The minimum atomic E-state index is -0.959. The number of benzene rings is 2. The fourth-order valence-corrected chi connectivity index (χ4v) is 2.40. The predicted octanol–water partition coefficient (Wildman–Crippen LogP) is 2.90. The fraction of sp³-hybridized carbons (Fsp3) is 0.263. The molecule has 0 unspecified atom stereocenters. The van der Waals surface area contributed by atoms with Gasteiger partial charge < -0.3 is 14.7 Å². The number of carbonyl (C=O) groups is 2. The van der Waals surface area contributed by atoms with Gasteiger partial charge in [0.25, 0.3) is 0 Å². The molecule has 1 amide bonds. The number of rotatable bonds is 6. The zero-order valence-corrected chi connectivity index (χ0v) is 14.1. The van der Waals surface area contributed by atoms with E-state index in [1.54, 1.807) is 43.3 Å². The molecular formula is C19H21NO4. The lowest BCUT2D eigenvalue weighted by atomic mass is 10.1. The minimum Gasteiger partial charge on any atom is -0.496 e. The number of carboxylic acid groups (broad SMARTS) is 1. The van der Waals surface area contributed by atoms with Crippen LogP contribution >= 0.6 is 0 Å². The van der Waals surface area contributed by atoms with Gasteiger partial charge in [-0.2, -0.15) is 0 Å². The van der Waals surface area contributed by atoms with Crippen LogP contribution in [0.1, 0.15) is 27.0 Å². The SMILES string of the molecule is COc1cc(CC(=O)N(C)Cc2ccc(C(=O)O)cc2)ccc1C. The van der Waals surface area contributed by atoms with E-state index in [9.17, 15) is 9.59 Å². The summed E-state index contributed by atoms with van der Waals surface area (Å²) < 4.78 is 5.28. The number of aromatic carboxylic acids is 1. The van der Waals surface area contributed by atoms with Gasteiger partial charge in [-0.3, -0.25) is 4.79 Å². The van der Waals surface area contributed by atoms with Crippen LogP contribution in [0.3, 0.4) is 0 Å². The van der Waals surface area contributed by atoms with E-state index in [1.807, 2.05) is 25.1 Å². The van der Waals surface area contributed by atoms with Crippen molar-refractivity contribution in [2.45, 2.75) is 19.9 Å². The van der Waals surface area contributed by atoms with E-state index >= 15 is 0 Å². The number of ether oxygens (including phenoxy) is 1. The van der Waals surface area contributed by atoms with Gasteiger partial charge in [0.2, 0.25) is 5.91 Å². The number of amides is 1. The molecule has 24 heavy (non-hydrogen) atoms. The average Bonchev–Trinajstić information content (AvgIpc) is 2.57. The van der Waals surface area contributed by atoms with Gasteiger partial charge >= 0.3 is 5.97 Å². The Bertz CT molecular complexity index is 738. The van der Waals surface area contributed by atoms with E-state index in [-0.39, 0.29) is 11.5 Å². The zero-order chi connectivity index (χ0) is 17.7. The van der Waals surface area contributed by atoms with Crippen LogP contribution in [-0.2, 0) is 17.8 Å². The quantitative estimate of drug-likeness (QED) is 0.886. The number of hydrogen-bond acceptors (Lipinski definition) is 3. The van der Waals surface area contributed by atoms with Crippen molar-refractivity contribution in [1.29, 1.82) is 0 Å². The summed E-state index contributed by atoms with van der Waals surface area (Å²) in [4.78, 5) is 24.8. The lowest BCUT2D eigenvalue weighted by Crippen LogP contribution is -2.27. The summed E-state index contributed by atoms with van der Waals surface area (Å²) in [6, 6.07) is 12.3. The van der Waals surface area contributed by atoms with Crippen molar-refractivity contribution >= 4 is 11.9 Å². The van der Waals surface area contributed by atoms with E-state index < -0.39 is 5.97 Å². The van der Waals surface area contributed by atoms with Crippen molar-refractivity contribution in [2.75, 3.05) is 14.2 Å². The second-order valence-corrected chi connectivity index (χ2v) is 5.73. The second-order valence-electron chi connectivity index (χ2n) is 5.73. The molecule has 2 aromatic carbocycles. The molecule has 0 aliphatic carbocycles. The Labute approximate surface area is 141 Å². The van der Waals surface area contributed by atoms with Gasteiger partial charge in [0.15, 0.2) is 0 Å². The summed E-state index contributed by atoms with van der Waals surface area (Å²) in [6.07, 6.45) is 0.292. The molecular weight excluding hydrogens is 306 g/mol. The van der Waals surface area contributed by atoms with Crippen LogP contribution in [0.5, 0.6) is 5.75 Å². The molecule has 2 aromatic rings. The van der Waals surface area contributed by atoms with Crippen molar-refractivity contribution in [1.82, 2.24) is 4.90 Å². The maximum Gasteiger partial charge on any atom is 0.335 e. The molecule has 0 saturated carbocycles. The van der Waals surface area contributed by atoms with Crippen molar-refractivity contribution < 1.29 is 19.4 Å². The molecule has 0 saturated heterocycles. The molecule has 0 aliphatic heterocycles. The molecule has 0 atom stereocenters. The van der Waals surface area contributed by atoms with Gasteiger partial charge in [0, 0.05) is 13.6 Å². The molecule has 5 nitrogen and oxygen atoms in total. The van der Waals surface area contributed by atoms with Crippen molar-refractivity contribution in [3.63, 3.8) is 0 Å². The molecule has 2 rings (SSSR count). The third kappa shape index (κ3) is 4.35. The monoisotopic (exact) mass is 327 g/mol. The fourth-order valence-electron chi connectivity index (χ4n) is 2.40. The first-order valence-electron chi connectivity index (χ1n) is 7.60. The molecule has 0 radical (unpaired) electrons. The van der Waals surface area contributed by atoms with E-state index in [1.165, 1.54) is 0 Å². The van der Waals surface area contributed by atoms with Crippen LogP contribution in [0.25, 0.3) is 0 Å². The molecule has 0 aliphatic rings. The summed E-state index contributed by atoms with van der Waals surface area (Å²) in [5.74, 6) is -0.199. The second kappa shape index (κ2) is 7.64. The van der Waals surface area contributed by atoms with Gasteiger partial charge in [-0.05, 0) is 41.8 Å². The Morgan fingerprint density at radius 3 is 2.29 bits per heavy atom. The Balaban J connectivity index is 2.00. The van der Waals surface area contributed by atoms with Gasteiger partial charge in [0.1, 0.15) is 5.75 Å². The summed E-state index contributed by atoms with van der Waals surface area (Å²) in [7, 11) is 3.35. The first kappa shape index (κ1) is 17.5.